The van der Waals surface area contributed by atoms with Crippen LogP contribution >= 0.6 is 15.9 Å². The molecule has 0 unspecified atom stereocenters. The molecule has 2 aromatic heterocycles. The first-order valence-corrected chi connectivity index (χ1v) is 35.2. The van der Waals surface area contributed by atoms with Crippen LogP contribution in [0.25, 0.3) is 88.0 Å². The molecule has 0 radical (unpaired) electrons. The van der Waals surface area contributed by atoms with Gasteiger partial charge in [-0.25, -0.2) is 0 Å². The van der Waals surface area contributed by atoms with Crippen molar-refractivity contribution in [3.63, 3.8) is 0 Å². The first-order chi connectivity index (χ1) is 45.7. The number of anilines is 6. The van der Waals surface area contributed by atoms with Crippen molar-refractivity contribution in [2.24, 2.45) is 0 Å². The highest BCUT2D eigenvalue weighted by Crippen LogP contribution is 2.56. The van der Waals surface area contributed by atoms with Gasteiger partial charge in [-0.3, -0.25) is 0 Å². The molecule has 1 aliphatic carbocycles. The van der Waals surface area contributed by atoms with Crippen molar-refractivity contribution < 1.29 is 0 Å². The zero-order valence-corrected chi connectivity index (χ0v) is 60.1. The van der Waals surface area contributed by atoms with Gasteiger partial charge in [0.05, 0.1) is 27.8 Å². The first-order valence-electron chi connectivity index (χ1n) is 34.4. The van der Waals surface area contributed by atoms with E-state index in [9.17, 15) is 0 Å². The Bertz CT molecular complexity index is 5270. The molecule has 0 aliphatic heterocycles. The van der Waals surface area contributed by atoms with Crippen LogP contribution < -0.4 is 9.80 Å². The lowest BCUT2D eigenvalue weighted by atomic mass is 9.81. The van der Waals surface area contributed by atoms with Crippen LogP contribution in [0.3, 0.4) is 0 Å². The average Bonchev–Trinajstić information content (AvgIpc) is 1.55. The normalized spacial score (nSPS) is 13.3. The summed E-state index contributed by atoms with van der Waals surface area (Å²) < 4.78 is 6.08. The minimum atomic E-state index is -0.402. The van der Waals surface area contributed by atoms with E-state index >= 15 is 0 Å². The van der Waals surface area contributed by atoms with Crippen molar-refractivity contribution in [1.29, 1.82) is 0 Å². The van der Waals surface area contributed by atoms with E-state index in [0.717, 1.165) is 56.4 Å². The second-order valence-corrected chi connectivity index (χ2v) is 32.5. The number of hydrogen-bond acceptors (Lipinski definition) is 2. The standard InChI is InChI=1S/C91H87BrN4/c1-16-57-48-63(92)38-42-71(57)58-32-39-65(40-33-58)94(67-27-23-29-69(54-67)96-83-46-36-61(89(8,9)10)51-77(83)78-52-62(90(11,12)13)37-47-84(78)96)85-56-80-86(73-31-21-20-30-72(73)85)74-43-41-70(55-79(74)91(80,14)15)93(64-24-18-17-19-25-64)66-26-22-28-68(53-66)95-81-44-34-59(87(2,3)4)49-75(81)76-50-60(88(5,6)7)35-45-82(76)95/h17-56H,16H2,1-15H3. The number of hydrogen-bond donors (Lipinski definition) is 0. The highest BCUT2D eigenvalue weighted by atomic mass is 79.9. The third-order valence-electron chi connectivity index (χ3n) is 20.7. The van der Waals surface area contributed by atoms with Crippen molar-refractivity contribution >= 4 is 104 Å². The molecule has 0 spiro atoms. The van der Waals surface area contributed by atoms with Crippen molar-refractivity contribution in [2.75, 3.05) is 9.80 Å². The number of rotatable bonds is 10. The molecule has 0 saturated heterocycles. The van der Waals surface area contributed by atoms with Crippen molar-refractivity contribution in [3.8, 4) is 33.6 Å². The van der Waals surface area contributed by atoms with Crippen LogP contribution in [0.1, 0.15) is 143 Å². The Balaban J connectivity index is 0.893. The van der Waals surface area contributed by atoms with Gasteiger partial charge in [-0.2, -0.15) is 0 Å². The third kappa shape index (κ3) is 10.6. The molecular weight excluding hydrogens is 1230 g/mol. The zero-order valence-electron chi connectivity index (χ0n) is 58.5. The van der Waals surface area contributed by atoms with Gasteiger partial charge in [0.15, 0.2) is 0 Å². The van der Waals surface area contributed by atoms with E-state index in [1.54, 1.807) is 0 Å². The molecule has 14 aromatic rings. The summed E-state index contributed by atoms with van der Waals surface area (Å²) in [5.41, 5.74) is 27.5. The van der Waals surface area contributed by atoms with Crippen molar-refractivity contribution in [3.05, 3.63) is 286 Å². The Kier molecular flexibility index (Phi) is 14.9. The van der Waals surface area contributed by atoms with E-state index in [1.165, 1.54) is 116 Å². The van der Waals surface area contributed by atoms with Crippen LogP contribution in [0.2, 0.25) is 0 Å². The average molecular weight is 1320 g/mol. The van der Waals surface area contributed by atoms with Gasteiger partial charge in [0.1, 0.15) is 0 Å². The largest absolute Gasteiger partial charge is 0.310 e. The summed E-state index contributed by atoms with van der Waals surface area (Å²) >= 11 is 3.77. The number of aromatic nitrogens is 2. The maximum Gasteiger partial charge on any atom is 0.0543 e. The molecule has 96 heavy (non-hydrogen) atoms. The lowest BCUT2D eigenvalue weighted by Crippen LogP contribution is -2.18. The number of aryl methyl sites for hydroxylation is 1. The SMILES string of the molecule is CCc1cc(Br)ccc1-c1ccc(N(c2cccc(-n3c4ccc(C(C)(C)C)cc4c4cc(C(C)(C)C)ccc43)c2)c2cc3c(c4ccccc24)-c2ccc(N(c4ccccc4)c4cccc(-n5c6ccc(C(C)(C)C)cc6c6cc(C(C)(C)C)ccc65)c4)cc2C3(C)C)cc1. The van der Waals surface area contributed by atoms with Gasteiger partial charge >= 0.3 is 0 Å². The molecule has 2 heterocycles. The molecule has 0 bridgehead atoms. The van der Waals surface area contributed by atoms with E-state index in [-0.39, 0.29) is 21.7 Å². The van der Waals surface area contributed by atoms with Crippen LogP contribution in [0, 0.1) is 0 Å². The van der Waals surface area contributed by atoms with Gasteiger partial charge in [-0.05, 0) is 234 Å². The molecule has 0 amide bonds. The molecule has 12 aromatic carbocycles. The second kappa shape index (κ2) is 22.9. The molecular formula is C91H87BrN4. The summed E-state index contributed by atoms with van der Waals surface area (Å²) in [5.74, 6) is 0. The number of nitrogens with zero attached hydrogens (tertiary/aromatic N) is 4. The van der Waals surface area contributed by atoms with E-state index < -0.39 is 5.41 Å². The Morgan fingerprint density at radius 3 is 1.24 bits per heavy atom. The highest BCUT2D eigenvalue weighted by Gasteiger charge is 2.39. The van der Waals surface area contributed by atoms with Gasteiger partial charge in [-0.15, -0.1) is 0 Å². The molecule has 0 N–H and O–H groups in total. The second-order valence-electron chi connectivity index (χ2n) is 31.6. The van der Waals surface area contributed by atoms with Crippen LogP contribution in [0.5, 0.6) is 0 Å². The van der Waals surface area contributed by atoms with E-state index in [2.05, 4.69) is 381 Å². The Morgan fingerprint density at radius 1 is 0.344 bits per heavy atom. The molecule has 1 aliphatic rings. The monoisotopic (exact) mass is 1310 g/mol. The fourth-order valence-electron chi connectivity index (χ4n) is 15.3. The zero-order chi connectivity index (χ0) is 67.1. The fourth-order valence-corrected chi connectivity index (χ4v) is 15.7. The van der Waals surface area contributed by atoms with E-state index in [1.807, 2.05) is 0 Å². The topological polar surface area (TPSA) is 16.3 Å². The molecule has 0 saturated carbocycles. The number of para-hydroxylation sites is 1. The first kappa shape index (κ1) is 62.7. The number of benzene rings is 12. The van der Waals surface area contributed by atoms with Gasteiger partial charge < -0.3 is 18.9 Å². The minimum Gasteiger partial charge on any atom is -0.310 e. The predicted molar refractivity (Wildman–Crippen MR) is 417 cm³/mol. The molecule has 0 atom stereocenters. The summed E-state index contributed by atoms with van der Waals surface area (Å²) in [5, 5.41) is 7.55. The lowest BCUT2D eigenvalue weighted by Gasteiger charge is -2.30. The Labute approximate surface area is 576 Å². The summed E-state index contributed by atoms with van der Waals surface area (Å²) in [6.45, 7) is 34.9. The van der Waals surface area contributed by atoms with Crippen LogP contribution in [0.15, 0.2) is 247 Å². The van der Waals surface area contributed by atoms with Crippen LogP contribution in [-0.2, 0) is 33.5 Å². The molecule has 15 rings (SSSR count). The molecule has 4 nitrogen and oxygen atoms in total. The molecule has 5 heteroatoms. The number of halogens is 1. The summed E-state index contributed by atoms with van der Waals surface area (Å²) in [7, 11) is 0. The summed E-state index contributed by atoms with van der Waals surface area (Å²) in [4.78, 5) is 4.98. The Morgan fingerprint density at radius 2 is 0.760 bits per heavy atom. The van der Waals surface area contributed by atoms with Crippen LogP contribution in [0.4, 0.5) is 34.1 Å². The van der Waals surface area contributed by atoms with Gasteiger partial charge in [0.2, 0.25) is 0 Å². The fraction of sp³-hybridized carbons (Fsp3) is 0.231. The maximum absolute atomic E-state index is 3.77. The van der Waals surface area contributed by atoms with Gasteiger partial charge in [0.25, 0.3) is 0 Å². The third-order valence-corrected chi connectivity index (χ3v) is 21.2. The Hall–Kier alpha value is -9.42. The summed E-state index contributed by atoms with van der Waals surface area (Å²) in [6, 6.07) is 92.8. The van der Waals surface area contributed by atoms with Crippen molar-refractivity contribution in [1.82, 2.24) is 9.13 Å². The van der Waals surface area contributed by atoms with E-state index in [4.69, 9.17) is 0 Å². The van der Waals surface area contributed by atoms with E-state index in [0.29, 0.717) is 0 Å². The van der Waals surface area contributed by atoms with Gasteiger partial charge in [-0.1, -0.05) is 223 Å². The molecule has 478 valence electrons. The number of fused-ring (bicyclic) bond motifs is 11. The lowest BCUT2D eigenvalue weighted by molar-refractivity contribution is 0.590. The van der Waals surface area contributed by atoms with Crippen molar-refractivity contribution in [2.45, 2.75) is 137 Å². The van der Waals surface area contributed by atoms with Crippen LogP contribution in [-0.4, -0.2) is 9.13 Å². The maximum atomic E-state index is 3.77. The highest BCUT2D eigenvalue weighted by molar-refractivity contribution is 9.10. The molecule has 0 fully saturated rings. The summed E-state index contributed by atoms with van der Waals surface area (Å²) in [6.07, 6.45) is 0.937. The minimum absolute atomic E-state index is 0.00703. The van der Waals surface area contributed by atoms with Gasteiger partial charge in [0, 0.05) is 76.6 Å². The predicted octanol–water partition coefficient (Wildman–Crippen LogP) is 26.5. The smallest absolute Gasteiger partial charge is 0.0543 e. The quantitative estimate of drug-likeness (QED) is 0.136.